The molecule has 37 heavy (non-hydrogen) atoms. The molecule has 0 unspecified atom stereocenters. The average molecular weight is 494 g/mol. The number of rotatable bonds is 7. The van der Waals surface area contributed by atoms with E-state index in [0.29, 0.717) is 29.0 Å². The molecule has 0 aliphatic carbocycles. The molecule has 2 aromatic heterocycles. The van der Waals surface area contributed by atoms with Gasteiger partial charge in [-0.1, -0.05) is 72.3 Å². The van der Waals surface area contributed by atoms with E-state index in [4.69, 9.17) is 4.74 Å². The number of para-hydroxylation sites is 1. The van der Waals surface area contributed by atoms with Crippen molar-refractivity contribution in [2.45, 2.75) is 26.8 Å². The van der Waals surface area contributed by atoms with Crippen LogP contribution in [-0.4, -0.2) is 32.6 Å². The molecule has 1 amide bonds. The number of hydrogen-bond acceptors (Lipinski definition) is 5. The first kappa shape index (κ1) is 24.0. The van der Waals surface area contributed by atoms with E-state index in [2.05, 4.69) is 15.1 Å². The number of aryl methyl sites for hydroxylation is 2. The van der Waals surface area contributed by atoms with Gasteiger partial charge in [0.25, 0.3) is 17.2 Å². The van der Waals surface area contributed by atoms with Gasteiger partial charge in [-0.05, 0) is 37.1 Å². The third-order valence-corrected chi connectivity index (χ3v) is 6.31. The molecule has 3 aromatic carbocycles. The maximum atomic E-state index is 13.8. The van der Waals surface area contributed by atoms with Crippen LogP contribution in [0, 0.1) is 13.8 Å². The van der Waals surface area contributed by atoms with E-state index in [1.54, 1.807) is 25.1 Å². The number of carbonyl (C=O) groups excluding carboxylic acids is 1. The number of H-pyrrole nitrogens is 1. The van der Waals surface area contributed by atoms with Gasteiger partial charge in [-0.25, -0.2) is 4.98 Å². The molecule has 0 spiro atoms. The van der Waals surface area contributed by atoms with Crippen molar-refractivity contribution in [3.63, 3.8) is 0 Å². The fourth-order valence-electron chi connectivity index (χ4n) is 4.25. The largest absolute Gasteiger partial charge is 0.496 e. The molecular weight excluding hydrogens is 466 g/mol. The molecule has 5 rings (SSSR count). The molecule has 0 fully saturated rings. The van der Waals surface area contributed by atoms with Crippen LogP contribution in [0.1, 0.15) is 38.3 Å². The van der Waals surface area contributed by atoms with E-state index >= 15 is 0 Å². The van der Waals surface area contributed by atoms with Gasteiger partial charge in [0.15, 0.2) is 0 Å². The van der Waals surface area contributed by atoms with Crippen LogP contribution < -0.4 is 15.2 Å². The maximum Gasteiger partial charge on any atom is 0.277 e. The first-order valence-corrected chi connectivity index (χ1v) is 12.0. The van der Waals surface area contributed by atoms with Gasteiger partial charge in [-0.2, -0.15) is 9.50 Å². The standard InChI is InChI=1S/C29H27N5O3/c1-19-13-15-22(16-14-19)18-33(26(35)23-11-7-8-12-25(23)37-3)29-31-28-30-20(2)24(27(36)34(28)32-29)17-21-9-5-4-6-10-21/h4-16H,17-18H2,1-3H3,(H,30,31,32). The Labute approximate surface area is 214 Å². The lowest BCUT2D eigenvalue weighted by atomic mass is 10.1. The molecule has 5 aromatic rings. The first-order chi connectivity index (χ1) is 17.9. The van der Waals surface area contributed by atoms with Crippen molar-refractivity contribution in [1.29, 1.82) is 0 Å². The van der Waals surface area contributed by atoms with Crippen molar-refractivity contribution in [1.82, 2.24) is 19.6 Å². The fourth-order valence-corrected chi connectivity index (χ4v) is 4.25. The summed E-state index contributed by atoms with van der Waals surface area (Å²) in [4.78, 5) is 37.9. The molecule has 0 atom stereocenters. The second-order valence-corrected chi connectivity index (χ2v) is 8.90. The lowest BCUT2D eigenvalue weighted by Gasteiger charge is -2.21. The van der Waals surface area contributed by atoms with Crippen molar-refractivity contribution in [3.8, 4) is 5.75 Å². The number of amides is 1. The Morgan fingerprint density at radius 2 is 1.62 bits per heavy atom. The highest BCUT2D eigenvalue weighted by Crippen LogP contribution is 2.24. The fraction of sp³-hybridized carbons (Fsp3) is 0.172. The summed E-state index contributed by atoms with van der Waals surface area (Å²) in [6.45, 7) is 4.05. The lowest BCUT2D eigenvalue weighted by Crippen LogP contribution is -2.32. The van der Waals surface area contributed by atoms with Crippen LogP contribution >= 0.6 is 0 Å². The highest BCUT2D eigenvalue weighted by molar-refractivity contribution is 6.07. The molecule has 8 heteroatoms. The van der Waals surface area contributed by atoms with E-state index < -0.39 is 0 Å². The number of methoxy groups -OCH3 is 1. The van der Waals surface area contributed by atoms with Crippen LogP contribution in [0.4, 0.5) is 5.95 Å². The molecular formula is C29H27N5O3. The van der Waals surface area contributed by atoms with Crippen LogP contribution in [0.25, 0.3) is 5.78 Å². The molecule has 1 N–H and O–H groups in total. The highest BCUT2D eigenvalue weighted by atomic mass is 16.5. The molecule has 0 saturated carbocycles. The molecule has 0 saturated heterocycles. The minimum Gasteiger partial charge on any atom is -0.496 e. The lowest BCUT2D eigenvalue weighted by molar-refractivity contribution is 0.0980. The maximum absolute atomic E-state index is 13.8. The molecule has 2 heterocycles. The van der Waals surface area contributed by atoms with Gasteiger partial charge in [0.05, 0.1) is 24.9 Å². The Morgan fingerprint density at radius 1 is 0.919 bits per heavy atom. The Balaban J connectivity index is 1.60. The number of aromatic amines is 1. The number of nitrogens with one attached hydrogen (secondary N) is 1. The highest BCUT2D eigenvalue weighted by Gasteiger charge is 2.25. The van der Waals surface area contributed by atoms with E-state index in [1.165, 1.54) is 16.5 Å². The predicted octanol–water partition coefficient (Wildman–Crippen LogP) is 4.48. The number of carbonyl (C=O) groups is 1. The second-order valence-electron chi connectivity index (χ2n) is 8.90. The van der Waals surface area contributed by atoms with Gasteiger partial charge in [-0.15, -0.1) is 0 Å². The molecule has 8 nitrogen and oxygen atoms in total. The van der Waals surface area contributed by atoms with Gasteiger partial charge >= 0.3 is 0 Å². The van der Waals surface area contributed by atoms with Crippen molar-refractivity contribution in [2.75, 3.05) is 12.0 Å². The molecule has 0 aliphatic heterocycles. The predicted molar refractivity (Wildman–Crippen MR) is 142 cm³/mol. The number of ether oxygens (including phenoxy) is 1. The summed E-state index contributed by atoms with van der Waals surface area (Å²) in [6, 6.07) is 24.7. The quantitative estimate of drug-likeness (QED) is 0.361. The topological polar surface area (TPSA) is 92.6 Å². The Hall–Kier alpha value is -4.72. The Kier molecular flexibility index (Phi) is 6.55. The number of hydrogen-bond donors (Lipinski definition) is 1. The van der Waals surface area contributed by atoms with Gasteiger partial charge < -0.3 is 4.74 Å². The number of nitrogens with zero attached hydrogens (tertiary/aromatic N) is 4. The third-order valence-electron chi connectivity index (χ3n) is 6.31. The van der Waals surface area contributed by atoms with E-state index in [0.717, 1.165) is 16.7 Å². The first-order valence-electron chi connectivity index (χ1n) is 12.0. The molecule has 186 valence electrons. The van der Waals surface area contributed by atoms with Crippen LogP contribution in [0.15, 0.2) is 83.7 Å². The average Bonchev–Trinajstić information content (AvgIpc) is 3.34. The Bertz CT molecular complexity index is 1620. The summed E-state index contributed by atoms with van der Waals surface area (Å²) in [5.74, 6) is 0.563. The summed E-state index contributed by atoms with van der Waals surface area (Å²) in [7, 11) is 1.53. The zero-order valence-electron chi connectivity index (χ0n) is 20.9. The summed E-state index contributed by atoms with van der Waals surface area (Å²) in [6.07, 6.45) is 0.447. The van der Waals surface area contributed by atoms with Crippen molar-refractivity contribution < 1.29 is 9.53 Å². The normalized spacial score (nSPS) is 11.0. The molecule has 0 aliphatic rings. The molecule has 0 radical (unpaired) electrons. The Morgan fingerprint density at radius 3 is 2.35 bits per heavy atom. The third kappa shape index (κ3) is 4.86. The van der Waals surface area contributed by atoms with Crippen LogP contribution in [0.5, 0.6) is 5.75 Å². The van der Waals surface area contributed by atoms with Gasteiger partial charge in [0.2, 0.25) is 5.95 Å². The minimum atomic E-state index is -0.314. The van der Waals surface area contributed by atoms with Gasteiger partial charge in [0.1, 0.15) is 5.75 Å². The van der Waals surface area contributed by atoms with Crippen LogP contribution in [0.2, 0.25) is 0 Å². The van der Waals surface area contributed by atoms with Crippen LogP contribution in [-0.2, 0) is 13.0 Å². The minimum absolute atomic E-state index is 0.205. The monoisotopic (exact) mass is 493 g/mol. The zero-order chi connectivity index (χ0) is 25.9. The molecule has 0 bridgehead atoms. The zero-order valence-corrected chi connectivity index (χ0v) is 20.9. The summed E-state index contributed by atoms with van der Waals surface area (Å²) >= 11 is 0. The van der Waals surface area contributed by atoms with E-state index in [-0.39, 0.29) is 29.7 Å². The summed E-state index contributed by atoms with van der Waals surface area (Å²) < 4.78 is 6.74. The van der Waals surface area contributed by atoms with Crippen molar-refractivity contribution in [3.05, 3.63) is 123 Å². The van der Waals surface area contributed by atoms with Gasteiger partial charge in [-0.3, -0.25) is 19.6 Å². The number of fused-ring (bicyclic) bond motifs is 1. The van der Waals surface area contributed by atoms with Crippen LogP contribution in [0.3, 0.4) is 0 Å². The van der Waals surface area contributed by atoms with Crippen molar-refractivity contribution in [2.24, 2.45) is 0 Å². The smallest absolute Gasteiger partial charge is 0.277 e. The summed E-state index contributed by atoms with van der Waals surface area (Å²) in [5.41, 5.74) is 4.36. The van der Waals surface area contributed by atoms with E-state index in [1.807, 2.05) is 67.6 Å². The number of aromatic nitrogens is 4. The second kappa shape index (κ2) is 10.1. The number of benzene rings is 3. The SMILES string of the molecule is COc1ccccc1C(=O)N(Cc1ccc(C)cc1)c1nc2nc(C)c(Cc3ccccc3)c(=O)n2[nH]1. The summed E-state index contributed by atoms with van der Waals surface area (Å²) in [5, 5.41) is 3.03. The van der Waals surface area contributed by atoms with Gasteiger partial charge in [0, 0.05) is 12.0 Å². The van der Waals surface area contributed by atoms with Crippen molar-refractivity contribution >= 4 is 17.6 Å². The van der Waals surface area contributed by atoms with E-state index in [9.17, 15) is 9.59 Å². The number of anilines is 1.